The number of amides is 1. The first-order valence-corrected chi connectivity index (χ1v) is 14.9. The summed E-state index contributed by atoms with van der Waals surface area (Å²) in [6.07, 6.45) is 2.03. The van der Waals surface area contributed by atoms with Gasteiger partial charge in [0.05, 0.1) is 35.0 Å². The molecular weight excluding hydrogens is 573 g/mol. The minimum absolute atomic E-state index is 0.0891. The number of ether oxygens (including phenoxy) is 1. The maximum atomic E-state index is 12.8. The van der Waals surface area contributed by atoms with Gasteiger partial charge in [-0.15, -0.1) is 0 Å². The number of hydrogen-bond donors (Lipinski definition) is 1. The second-order valence-electron chi connectivity index (χ2n) is 10.7. The Morgan fingerprint density at radius 1 is 1.02 bits per heavy atom. The number of hydrogen-bond acceptors (Lipinski definition) is 6. The highest BCUT2D eigenvalue weighted by atomic mass is 35.5. The Kier molecular flexibility index (Phi) is 11.3. The van der Waals surface area contributed by atoms with E-state index in [4.69, 9.17) is 32.8 Å². The standard InChI is InChI=1S/C33H39Cl2N3O4/c1-24(39)38(22-26-9-7-8-12-32(26)41-2)23-31(36-42-3)28(25-13-14-29(34)30(35)21-25)15-18-37-19-16-33(40,17-20-37)27-10-5-4-6-11-27/h4-14,21,28,40H,15-20,22-23H2,1-3H3. The number of likely N-dealkylation sites (tertiary alicyclic amines) is 1. The molecule has 0 saturated carbocycles. The van der Waals surface area contributed by atoms with Gasteiger partial charge in [-0.25, -0.2) is 0 Å². The second-order valence-corrected chi connectivity index (χ2v) is 11.5. The molecule has 1 amide bonds. The predicted molar refractivity (Wildman–Crippen MR) is 168 cm³/mol. The molecule has 42 heavy (non-hydrogen) atoms. The average Bonchev–Trinajstić information content (AvgIpc) is 3.00. The molecule has 7 nitrogen and oxygen atoms in total. The number of para-hydroxylation sites is 1. The number of nitrogens with zero attached hydrogens (tertiary/aromatic N) is 3. The fourth-order valence-corrected chi connectivity index (χ4v) is 5.89. The number of piperidine rings is 1. The van der Waals surface area contributed by atoms with E-state index in [0.717, 1.165) is 42.1 Å². The van der Waals surface area contributed by atoms with Crippen molar-refractivity contribution in [3.05, 3.63) is 99.5 Å². The molecule has 0 radical (unpaired) electrons. The molecule has 3 aromatic carbocycles. The molecule has 1 aliphatic rings. The van der Waals surface area contributed by atoms with E-state index in [1.165, 1.54) is 7.11 Å². The number of rotatable bonds is 12. The van der Waals surface area contributed by atoms with Gasteiger partial charge >= 0.3 is 0 Å². The number of halogens is 2. The number of carbonyl (C=O) groups is 1. The number of carbonyl (C=O) groups excluding carboxylic acids is 1. The number of benzene rings is 3. The van der Waals surface area contributed by atoms with Crippen molar-refractivity contribution in [3.8, 4) is 5.75 Å². The highest BCUT2D eigenvalue weighted by Crippen LogP contribution is 2.34. The van der Waals surface area contributed by atoms with Crippen LogP contribution in [0.2, 0.25) is 10.0 Å². The van der Waals surface area contributed by atoms with E-state index >= 15 is 0 Å². The summed E-state index contributed by atoms with van der Waals surface area (Å²) in [4.78, 5) is 22.3. The zero-order valence-corrected chi connectivity index (χ0v) is 25.9. The summed E-state index contributed by atoms with van der Waals surface area (Å²) in [5, 5.41) is 16.7. The fourth-order valence-electron chi connectivity index (χ4n) is 5.58. The smallest absolute Gasteiger partial charge is 0.220 e. The molecule has 1 N–H and O–H groups in total. The predicted octanol–water partition coefficient (Wildman–Crippen LogP) is 6.51. The zero-order valence-electron chi connectivity index (χ0n) is 24.4. The first-order chi connectivity index (χ1) is 20.2. The SMILES string of the molecule is CON=C(CN(Cc1ccccc1OC)C(C)=O)C(CCN1CCC(O)(c2ccccc2)CC1)c1ccc(Cl)c(Cl)c1. The van der Waals surface area contributed by atoms with Crippen LogP contribution in [0.3, 0.4) is 0 Å². The van der Waals surface area contributed by atoms with Crippen LogP contribution in [0.15, 0.2) is 78.0 Å². The van der Waals surface area contributed by atoms with Crippen LogP contribution in [0.4, 0.5) is 0 Å². The van der Waals surface area contributed by atoms with Crippen LogP contribution < -0.4 is 4.74 Å². The van der Waals surface area contributed by atoms with E-state index in [1.807, 2.05) is 66.7 Å². The van der Waals surface area contributed by atoms with Gasteiger partial charge in [-0.1, -0.05) is 83.0 Å². The molecule has 224 valence electrons. The van der Waals surface area contributed by atoms with E-state index in [2.05, 4.69) is 10.1 Å². The molecule has 1 aliphatic heterocycles. The topological polar surface area (TPSA) is 74.6 Å². The average molecular weight is 613 g/mol. The lowest BCUT2D eigenvalue weighted by Gasteiger charge is -2.39. The Morgan fingerprint density at radius 3 is 2.36 bits per heavy atom. The summed E-state index contributed by atoms with van der Waals surface area (Å²) in [7, 11) is 3.13. The Morgan fingerprint density at radius 2 is 1.71 bits per heavy atom. The Hall–Kier alpha value is -3.10. The molecule has 4 rings (SSSR count). The summed E-state index contributed by atoms with van der Waals surface area (Å²) < 4.78 is 5.52. The van der Waals surface area contributed by atoms with Gasteiger partial charge in [0.15, 0.2) is 0 Å². The summed E-state index contributed by atoms with van der Waals surface area (Å²) in [6.45, 7) is 4.48. The minimum Gasteiger partial charge on any atom is -0.496 e. The molecule has 9 heteroatoms. The Labute approximate surface area is 258 Å². The summed E-state index contributed by atoms with van der Waals surface area (Å²) >= 11 is 12.7. The second kappa shape index (κ2) is 14.9. The third-order valence-electron chi connectivity index (χ3n) is 8.04. The third-order valence-corrected chi connectivity index (χ3v) is 8.78. The molecular formula is C33H39Cl2N3O4. The van der Waals surface area contributed by atoms with Crippen LogP contribution in [0.25, 0.3) is 0 Å². The van der Waals surface area contributed by atoms with Gasteiger partial charge in [0, 0.05) is 38.0 Å². The Balaban J connectivity index is 1.54. The number of aliphatic hydroxyl groups is 1. The van der Waals surface area contributed by atoms with Crippen LogP contribution in [-0.2, 0) is 21.8 Å². The van der Waals surface area contributed by atoms with Crippen molar-refractivity contribution in [3.63, 3.8) is 0 Å². The lowest BCUT2D eigenvalue weighted by molar-refractivity contribution is -0.128. The van der Waals surface area contributed by atoms with Gasteiger partial charge in [-0.05, 0) is 55.1 Å². The molecule has 1 heterocycles. The fraction of sp³-hybridized carbons (Fsp3) is 0.394. The lowest BCUT2D eigenvalue weighted by atomic mass is 9.84. The van der Waals surface area contributed by atoms with Crippen LogP contribution in [0.5, 0.6) is 5.75 Å². The van der Waals surface area contributed by atoms with E-state index in [0.29, 0.717) is 41.6 Å². The van der Waals surface area contributed by atoms with Gasteiger partial charge in [0.1, 0.15) is 12.9 Å². The first kappa shape index (κ1) is 31.8. The molecule has 0 aromatic heterocycles. The van der Waals surface area contributed by atoms with Gasteiger partial charge in [-0.2, -0.15) is 0 Å². The molecule has 3 aromatic rings. The van der Waals surface area contributed by atoms with Crippen molar-refractivity contribution < 1.29 is 19.5 Å². The highest BCUT2D eigenvalue weighted by molar-refractivity contribution is 6.42. The molecule has 0 spiro atoms. The van der Waals surface area contributed by atoms with Crippen molar-refractivity contribution >= 4 is 34.8 Å². The van der Waals surface area contributed by atoms with E-state index < -0.39 is 5.60 Å². The van der Waals surface area contributed by atoms with Crippen molar-refractivity contribution in [2.24, 2.45) is 5.16 Å². The Bertz CT molecular complexity index is 1360. The molecule has 1 fully saturated rings. The molecule has 0 aliphatic carbocycles. The van der Waals surface area contributed by atoms with E-state index in [1.54, 1.807) is 25.0 Å². The maximum absolute atomic E-state index is 12.8. The molecule has 1 unspecified atom stereocenters. The van der Waals surface area contributed by atoms with Crippen LogP contribution in [0, 0.1) is 0 Å². The van der Waals surface area contributed by atoms with Crippen molar-refractivity contribution in [2.45, 2.75) is 44.2 Å². The van der Waals surface area contributed by atoms with E-state index in [9.17, 15) is 9.90 Å². The van der Waals surface area contributed by atoms with Crippen molar-refractivity contribution in [1.29, 1.82) is 0 Å². The van der Waals surface area contributed by atoms with Crippen molar-refractivity contribution in [2.75, 3.05) is 40.4 Å². The van der Waals surface area contributed by atoms with E-state index in [-0.39, 0.29) is 18.4 Å². The molecule has 0 bridgehead atoms. The quantitative estimate of drug-likeness (QED) is 0.187. The summed E-state index contributed by atoms with van der Waals surface area (Å²) in [5.41, 5.74) is 2.70. The first-order valence-electron chi connectivity index (χ1n) is 14.2. The monoisotopic (exact) mass is 611 g/mol. The van der Waals surface area contributed by atoms with Gasteiger partial charge in [0.25, 0.3) is 0 Å². The van der Waals surface area contributed by atoms with Gasteiger partial charge in [0.2, 0.25) is 5.91 Å². The highest BCUT2D eigenvalue weighted by Gasteiger charge is 2.34. The largest absolute Gasteiger partial charge is 0.496 e. The lowest BCUT2D eigenvalue weighted by Crippen LogP contribution is -2.43. The van der Waals surface area contributed by atoms with Crippen LogP contribution >= 0.6 is 23.2 Å². The summed E-state index contributed by atoms with van der Waals surface area (Å²) in [6, 6.07) is 23.2. The normalized spacial score (nSPS) is 16.1. The van der Waals surface area contributed by atoms with Gasteiger partial charge < -0.3 is 24.5 Å². The molecule has 1 saturated heterocycles. The minimum atomic E-state index is -0.815. The van der Waals surface area contributed by atoms with Crippen molar-refractivity contribution in [1.82, 2.24) is 9.80 Å². The van der Waals surface area contributed by atoms with Crippen LogP contribution in [-0.4, -0.2) is 66.9 Å². The molecule has 1 atom stereocenters. The third kappa shape index (κ3) is 8.04. The van der Waals surface area contributed by atoms with Crippen LogP contribution in [0.1, 0.15) is 48.8 Å². The zero-order chi connectivity index (χ0) is 30.1. The summed E-state index contributed by atoms with van der Waals surface area (Å²) in [5.74, 6) is 0.443. The maximum Gasteiger partial charge on any atom is 0.220 e. The number of methoxy groups -OCH3 is 1. The van der Waals surface area contributed by atoms with Gasteiger partial charge in [-0.3, -0.25) is 4.79 Å². The number of oxime groups is 1.